The van der Waals surface area contributed by atoms with Crippen LogP contribution in [0.3, 0.4) is 0 Å². The van der Waals surface area contributed by atoms with Crippen LogP contribution >= 0.6 is 0 Å². The van der Waals surface area contributed by atoms with Gasteiger partial charge in [0, 0.05) is 13.1 Å². The zero-order valence-corrected chi connectivity index (χ0v) is 10.2. The summed E-state index contributed by atoms with van der Waals surface area (Å²) in [4.78, 5) is 12.9. The van der Waals surface area contributed by atoms with E-state index >= 15 is 0 Å². The first-order chi connectivity index (χ1) is 7.72. The molecule has 1 aliphatic rings. The molecule has 1 fully saturated rings. The van der Waals surface area contributed by atoms with Gasteiger partial charge < -0.3 is 9.84 Å². The highest BCUT2D eigenvalue weighted by atomic mass is 16.5. The second-order valence-electron chi connectivity index (χ2n) is 4.45. The third kappa shape index (κ3) is 5.47. The first-order valence-corrected chi connectivity index (χ1v) is 6.28. The number of unbranched alkanes of at least 4 members (excludes halogenated alkanes) is 3. The second kappa shape index (κ2) is 7.63. The van der Waals surface area contributed by atoms with Gasteiger partial charge in [0.25, 0.3) is 0 Å². The molecule has 0 bridgehead atoms. The summed E-state index contributed by atoms with van der Waals surface area (Å²) >= 11 is 0. The zero-order chi connectivity index (χ0) is 11.8. The number of aliphatic carboxylic acids is 1. The van der Waals surface area contributed by atoms with E-state index in [2.05, 4.69) is 11.8 Å². The molecule has 1 saturated heterocycles. The standard InChI is InChI=1S/C12H23NO3/c1-2-3-4-5-6-13-7-8-16-11(10-13)9-12(14)15/h11H,2-10H2,1H3,(H,14,15). The number of carboxylic acids is 1. The van der Waals surface area contributed by atoms with Gasteiger partial charge in [0.2, 0.25) is 0 Å². The van der Waals surface area contributed by atoms with Crippen molar-refractivity contribution in [3.8, 4) is 0 Å². The molecule has 1 heterocycles. The lowest BCUT2D eigenvalue weighted by atomic mass is 10.1. The molecule has 0 saturated carbocycles. The molecule has 16 heavy (non-hydrogen) atoms. The number of carbonyl (C=O) groups is 1. The fourth-order valence-corrected chi connectivity index (χ4v) is 2.06. The summed E-state index contributed by atoms with van der Waals surface area (Å²) in [5.74, 6) is -0.766. The predicted molar refractivity (Wildman–Crippen MR) is 62.6 cm³/mol. The Morgan fingerprint density at radius 3 is 2.94 bits per heavy atom. The van der Waals surface area contributed by atoms with E-state index in [1.807, 2.05) is 0 Å². The van der Waals surface area contributed by atoms with Crippen LogP contribution in [0, 0.1) is 0 Å². The van der Waals surface area contributed by atoms with E-state index < -0.39 is 5.97 Å². The Hall–Kier alpha value is -0.610. The third-order valence-electron chi connectivity index (χ3n) is 2.95. The Labute approximate surface area is 97.6 Å². The van der Waals surface area contributed by atoms with Crippen LogP contribution < -0.4 is 0 Å². The first kappa shape index (κ1) is 13.5. The van der Waals surface area contributed by atoms with Crippen molar-refractivity contribution in [1.82, 2.24) is 4.90 Å². The van der Waals surface area contributed by atoms with E-state index in [0.29, 0.717) is 6.61 Å². The molecular weight excluding hydrogens is 206 g/mol. The van der Waals surface area contributed by atoms with E-state index in [1.54, 1.807) is 0 Å². The normalized spacial score (nSPS) is 22.2. The van der Waals surface area contributed by atoms with E-state index in [9.17, 15) is 4.79 Å². The molecule has 4 heteroatoms. The van der Waals surface area contributed by atoms with Gasteiger partial charge in [0.15, 0.2) is 0 Å². The van der Waals surface area contributed by atoms with Gasteiger partial charge in [-0.25, -0.2) is 0 Å². The smallest absolute Gasteiger partial charge is 0.306 e. The van der Waals surface area contributed by atoms with E-state index in [0.717, 1.165) is 19.6 Å². The van der Waals surface area contributed by atoms with E-state index in [-0.39, 0.29) is 12.5 Å². The van der Waals surface area contributed by atoms with Crippen molar-refractivity contribution < 1.29 is 14.6 Å². The lowest BCUT2D eigenvalue weighted by Gasteiger charge is -2.32. The third-order valence-corrected chi connectivity index (χ3v) is 2.95. The number of hydrogen-bond acceptors (Lipinski definition) is 3. The van der Waals surface area contributed by atoms with Crippen LogP contribution in [-0.4, -0.2) is 48.3 Å². The molecule has 1 unspecified atom stereocenters. The highest BCUT2D eigenvalue weighted by Gasteiger charge is 2.21. The fraction of sp³-hybridized carbons (Fsp3) is 0.917. The Morgan fingerprint density at radius 2 is 2.25 bits per heavy atom. The van der Waals surface area contributed by atoms with Crippen LogP contribution in [0.15, 0.2) is 0 Å². The SMILES string of the molecule is CCCCCCN1CCOC(CC(=O)O)C1. The van der Waals surface area contributed by atoms with Crippen molar-refractivity contribution in [2.75, 3.05) is 26.2 Å². The van der Waals surface area contributed by atoms with Crippen LogP contribution in [0.1, 0.15) is 39.0 Å². The van der Waals surface area contributed by atoms with Crippen molar-refractivity contribution in [2.24, 2.45) is 0 Å². The molecule has 0 radical (unpaired) electrons. The molecule has 0 aliphatic carbocycles. The predicted octanol–water partition coefficient (Wildman–Crippen LogP) is 1.74. The summed E-state index contributed by atoms with van der Waals surface area (Å²) in [6, 6.07) is 0. The largest absolute Gasteiger partial charge is 0.481 e. The summed E-state index contributed by atoms with van der Waals surface area (Å²) in [6.07, 6.45) is 5.06. The number of ether oxygens (including phenoxy) is 1. The maximum Gasteiger partial charge on any atom is 0.306 e. The molecule has 1 N–H and O–H groups in total. The maximum absolute atomic E-state index is 10.6. The molecule has 0 aromatic heterocycles. The topological polar surface area (TPSA) is 49.8 Å². The number of hydrogen-bond donors (Lipinski definition) is 1. The number of nitrogens with zero attached hydrogens (tertiary/aromatic N) is 1. The van der Waals surface area contributed by atoms with Gasteiger partial charge in [0.05, 0.1) is 19.1 Å². The minimum Gasteiger partial charge on any atom is -0.481 e. The average Bonchev–Trinajstić information content (AvgIpc) is 2.24. The number of rotatable bonds is 7. The van der Waals surface area contributed by atoms with Gasteiger partial charge in [0.1, 0.15) is 0 Å². The van der Waals surface area contributed by atoms with Crippen molar-refractivity contribution >= 4 is 5.97 Å². The maximum atomic E-state index is 10.6. The average molecular weight is 229 g/mol. The van der Waals surface area contributed by atoms with Gasteiger partial charge in [-0.05, 0) is 13.0 Å². The van der Waals surface area contributed by atoms with Crippen LogP contribution in [0.4, 0.5) is 0 Å². The van der Waals surface area contributed by atoms with Crippen molar-refractivity contribution in [3.63, 3.8) is 0 Å². The van der Waals surface area contributed by atoms with E-state index in [1.165, 1.54) is 25.7 Å². The van der Waals surface area contributed by atoms with E-state index in [4.69, 9.17) is 9.84 Å². The summed E-state index contributed by atoms with van der Waals surface area (Å²) < 4.78 is 5.42. The molecule has 4 nitrogen and oxygen atoms in total. The molecule has 94 valence electrons. The molecule has 1 aliphatic heterocycles. The molecular formula is C12H23NO3. The number of morpholine rings is 1. The molecule has 0 aromatic carbocycles. The summed E-state index contributed by atoms with van der Waals surface area (Å²) in [7, 11) is 0. The zero-order valence-electron chi connectivity index (χ0n) is 10.2. The summed E-state index contributed by atoms with van der Waals surface area (Å²) in [5.41, 5.74) is 0. The molecule has 0 aromatic rings. The van der Waals surface area contributed by atoms with Gasteiger partial charge in [-0.3, -0.25) is 9.69 Å². The van der Waals surface area contributed by atoms with Crippen molar-refractivity contribution in [2.45, 2.75) is 45.1 Å². The molecule has 0 spiro atoms. The monoisotopic (exact) mass is 229 g/mol. The van der Waals surface area contributed by atoms with Gasteiger partial charge in [-0.15, -0.1) is 0 Å². The number of carboxylic acid groups (broad SMARTS) is 1. The second-order valence-corrected chi connectivity index (χ2v) is 4.45. The van der Waals surface area contributed by atoms with Crippen LogP contribution in [0.2, 0.25) is 0 Å². The minimum atomic E-state index is -0.766. The Morgan fingerprint density at radius 1 is 1.44 bits per heavy atom. The van der Waals surface area contributed by atoms with Crippen molar-refractivity contribution in [1.29, 1.82) is 0 Å². The Kier molecular flexibility index (Phi) is 6.42. The highest BCUT2D eigenvalue weighted by Crippen LogP contribution is 2.10. The van der Waals surface area contributed by atoms with Gasteiger partial charge in [-0.1, -0.05) is 26.2 Å². The van der Waals surface area contributed by atoms with Gasteiger partial charge >= 0.3 is 5.97 Å². The summed E-state index contributed by atoms with van der Waals surface area (Å²) in [6.45, 7) is 5.68. The lowest BCUT2D eigenvalue weighted by Crippen LogP contribution is -2.43. The fourth-order valence-electron chi connectivity index (χ4n) is 2.06. The summed E-state index contributed by atoms with van der Waals surface area (Å²) in [5, 5.41) is 8.70. The van der Waals surface area contributed by atoms with Crippen molar-refractivity contribution in [3.05, 3.63) is 0 Å². The molecule has 1 atom stereocenters. The van der Waals surface area contributed by atoms with Gasteiger partial charge in [-0.2, -0.15) is 0 Å². The van der Waals surface area contributed by atoms with Crippen LogP contribution in [0.5, 0.6) is 0 Å². The molecule has 0 amide bonds. The Bertz CT molecular complexity index is 208. The van der Waals surface area contributed by atoms with Crippen LogP contribution in [0.25, 0.3) is 0 Å². The lowest BCUT2D eigenvalue weighted by molar-refractivity contribution is -0.142. The quantitative estimate of drug-likeness (QED) is 0.676. The minimum absolute atomic E-state index is 0.113. The van der Waals surface area contributed by atoms with Crippen LogP contribution in [-0.2, 0) is 9.53 Å². The molecule has 1 rings (SSSR count). The Balaban J connectivity index is 2.14. The highest BCUT2D eigenvalue weighted by molar-refractivity contribution is 5.67. The first-order valence-electron chi connectivity index (χ1n) is 6.28.